The summed E-state index contributed by atoms with van der Waals surface area (Å²) in [6.07, 6.45) is 3.46. The molecular formula is C15H12N2. The third kappa shape index (κ3) is 1.78. The Morgan fingerprint density at radius 1 is 0.824 bits per heavy atom. The van der Waals surface area contributed by atoms with Crippen molar-refractivity contribution in [3.63, 3.8) is 0 Å². The van der Waals surface area contributed by atoms with Gasteiger partial charge in [-0.25, -0.2) is 0 Å². The molecule has 0 aliphatic rings. The van der Waals surface area contributed by atoms with Gasteiger partial charge in [-0.05, 0) is 23.8 Å². The summed E-state index contributed by atoms with van der Waals surface area (Å²) in [6, 6.07) is 14.7. The van der Waals surface area contributed by atoms with Crippen LogP contribution in [0.3, 0.4) is 0 Å². The van der Waals surface area contributed by atoms with E-state index in [9.17, 15) is 0 Å². The fourth-order valence-electron chi connectivity index (χ4n) is 2.03. The van der Waals surface area contributed by atoms with E-state index in [1.54, 1.807) is 12.4 Å². The number of hydrogen-bond acceptors (Lipinski definition) is 2. The van der Waals surface area contributed by atoms with Crippen molar-refractivity contribution in [2.24, 2.45) is 0 Å². The van der Waals surface area contributed by atoms with Crippen molar-refractivity contribution >= 4 is 10.8 Å². The predicted molar refractivity (Wildman–Crippen MR) is 69.7 cm³/mol. The number of nitrogens with zero attached hydrogens (tertiary/aromatic N) is 2. The van der Waals surface area contributed by atoms with Gasteiger partial charge < -0.3 is 0 Å². The zero-order chi connectivity index (χ0) is 11.7. The van der Waals surface area contributed by atoms with Gasteiger partial charge in [-0.2, -0.15) is 0 Å². The van der Waals surface area contributed by atoms with Crippen molar-refractivity contribution in [2.45, 2.75) is 6.92 Å². The molecule has 0 unspecified atom stereocenters. The number of aromatic nitrogens is 2. The van der Waals surface area contributed by atoms with Gasteiger partial charge >= 0.3 is 0 Å². The van der Waals surface area contributed by atoms with Gasteiger partial charge in [0.05, 0.1) is 11.4 Å². The van der Waals surface area contributed by atoms with Crippen LogP contribution < -0.4 is 0 Å². The largest absolute Gasteiger partial charge is 0.258 e. The Morgan fingerprint density at radius 2 is 1.59 bits per heavy atom. The first-order valence-corrected chi connectivity index (χ1v) is 5.61. The lowest BCUT2D eigenvalue weighted by Crippen LogP contribution is -1.90. The molecule has 3 rings (SSSR count). The summed E-state index contributed by atoms with van der Waals surface area (Å²) < 4.78 is 0. The van der Waals surface area contributed by atoms with Crippen LogP contribution in [0.5, 0.6) is 0 Å². The molecule has 0 spiro atoms. The summed E-state index contributed by atoms with van der Waals surface area (Å²) in [4.78, 5) is 8.67. The van der Waals surface area contributed by atoms with Crippen LogP contribution in [0.25, 0.3) is 22.0 Å². The van der Waals surface area contributed by atoms with E-state index >= 15 is 0 Å². The van der Waals surface area contributed by atoms with Crippen LogP contribution in [-0.2, 0) is 0 Å². The minimum atomic E-state index is 0.957. The molecule has 0 N–H and O–H groups in total. The van der Waals surface area contributed by atoms with Crippen molar-refractivity contribution in [1.82, 2.24) is 9.97 Å². The van der Waals surface area contributed by atoms with Crippen molar-refractivity contribution in [1.29, 1.82) is 0 Å². The van der Waals surface area contributed by atoms with Gasteiger partial charge in [-0.1, -0.05) is 36.4 Å². The van der Waals surface area contributed by atoms with E-state index in [0.717, 1.165) is 17.0 Å². The van der Waals surface area contributed by atoms with Crippen LogP contribution in [0, 0.1) is 6.92 Å². The van der Waals surface area contributed by atoms with E-state index in [-0.39, 0.29) is 0 Å². The third-order valence-corrected chi connectivity index (χ3v) is 2.90. The molecular weight excluding hydrogens is 208 g/mol. The molecule has 0 aliphatic carbocycles. The number of aryl methyl sites for hydroxylation is 1. The Hall–Kier alpha value is -2.22. The Kier molecular flexibility index (Phi) is 2.33. The third-order valence-electron chi connectivity index (χ3n) is 2.90. The Bertz CT molecular complexity index is 674. The highest BCUT2D eigenvalue weighted by atomic mass is 14.8. The monoisotopic (exact) mass is 220 g/mol. The maximum atomic E-state index is 4.39. The molecule has 0 radical (unpaired) electrons. The highest BCUT2D eigenvalue weighted by molar-refractivity contribution is 5.86. The van der Waals surface area contributed by atoms with Gasteiger partial charge in [0, 0.05) is 18.0 Å². The second-order valence-electron chi connectivity index (χ2n) is 4.05. The smallest absolute Gasteiger partial charge is 0.0914 e. The fraction of sp³-hybridized carbons (Fsp3) is 0.0667. The van der Waals surface area contributed by atoms with Gasteiger partial charge in [-0.3, -0.25) is 9.97 Å². The average molecular weight is 220 g/mol. The highest BCUT2D eigenvalue weighted by Gasteiger charge is 2.04. The molecule has 0 fully saturated rings. The summed E-state index contributed by atoms with van der Waals surface area (Å²) in [7, 11) is 0. The standard InChI is InChI=1S/C15H12N2/c1-11-15(17-9-8-16-11)14-7-6-12-4-2-3-5-13(12)10-14/h2-10H,1H3. The first-order chi connectivity index (χ1) is 8.34. The number of benzene rings is 2. The van der Waals surface area contributed by atoms with E-state index in [4.69, 9.17) is 0 Å². The molecule has 0 bridgehead atoms. The quantitative estimate of drug-likeness (QED) is 0.626. The molecule has 0 atom stereocenters. The Labute approximate surface area is 100.0 Å². The van der Waals surface area contributed by atoms with Gasteiger partial charge in [0.15, 0.2) is 0 Å². The minimum absolute atomic E-state index is 0.957. The predicted octanol–water partition coefficient (Wildman–Crippen LogP) is 3.61. The SMILES string of the molecule is Cc1nccnc1-c1ccc2ccccc2c1. The van der Waals surface area contributed by atoms with E-state index in [1.807, 2.05) is 6.92 Å². The topological polar surface area (TPSA) is 25.8 Å². The average Bonchev–Trinajstić information content (AvgIpc) is 2.39. The highest BCUT2D eigenvalue weighted by Crippen LogP contribution is 2.24. The summed E-state index contributed by atoms with van der Waals surface area (Å²) in [5, 5.41) is 2.48. The summed E-state index contributed by atoms with van der Waals surface area (Å²) in [5.41, 5.74) is 3.04. The van der Waals surface area contributed by atoms with Gasteiger partial charge in [0.2, 0.25) is 0 Å². The molecule has 17 heavy (non-hydrogen) atoms. The first-order valence-electron chi connectivity index (χ1n) is 5.61. The normalized spacial score (nSPS) is 10.6. The molecule has 0 saturated carbocycles. The summed E-state index contributed by atoms with van der Waals surface area (Å²) in [5.74, 6) is 0. The summed E-state index contributed by atoms with van der Waals surface area (Å²) in [6.45, 7) is 1.98. The van der Waals surface area contributed by atoms with Crippen LogP contribution in [-0.4, -0.2) is 9.97 Å². The van der Waals surface area contributed by atoms with Gasteiger partial charge in [0.1, 0.15) is 0 Å². The Balaban J connectivity index is 2.22. The lowest BCUT2D eigenvalue weighted by molar-refractivity contribution is 1.12. The van der Waals surface area contributed by atoms with Crippen LogP contribution in [0.4, 0.5) is 0 Å². The van der Waals surface area contributed by atoms with E-state index in [0.29, 0.717) is 0 Å². The molecule has 0 amide bonds. The zero-order valence-electron chi connectivity index (χ0n) is 9.59. The lowest BCUT2D eigenvalue weighted by Gasteiger charge is -2.05. The summed E-state index contributed by atoms with van der Waals surface area (Å²) >= 11 is 0. The molecule has 82 valence electrons. The molecule has 0 saturated heterocycles. The van der Waals surface area contributed by atoms with E-state index in [1.165, 1.54) is 10.8 Å². The second kappa shape index (κ2) is 3.98. The zero-order valence-corrected chi connectivity index (χ0v) is 9.59. The van der Waals surface area contributed by atoms with E-state index < -0.39 is 0 Å². The maximum absolute atomic E-state index is 4.39. The fourth-order valence-corrected chi connectivity index (χ4v) is 2.03. The number of hydrogen-bond donors (Lipinski definition) is 0. The van der Waals surface area contributed by atoms with Crippen LogP contribution >= 0.6 is 0 Å². The molecule has 2 aromatic carbocycles. The van der Waals surface area contributed by atoms with Crippen molar-refractivity contribution in [3.8, 4) is 11.3 Å². The molecule has 2 nitrogen and oxygen atoms in total. The van der Waals surface area contributed by atoms with Crippen LogP contribution in [0.1, 0.15) is 5.69 Å². The molecule has 1 aromatic heterocycles. The van der Waals surface area contributed by atoms with Crippen LogP contribution in [0.2, 0.25) is 0 Å². The molecule has 3 aromatic rings. The second-order valence-corrected chi connectivity index (χ2v) is 4.05. The lowest BCUT2D eigenvalue weighted by atomic mass is 10.0. The molecule has 0 aliphatic heterocycles. The number of rotatable bonds is 1. The Morgan fingerprint density at radius 3 is 2.41 bits per heavy atom. The molecule has 1 heterocycles. The van der Waals surface area contributed by atoms with Crippen molar-refractivity contribution in [2.75, 3.05) is 0 Å². The minimum Gasteiger partial charge on any atom is -0.258 e. The van der Waals surface area contributed by atoms with Crippen molar-refractivity contribution < 1.29 is 0 Å². The van der Waals surface area contributed by atoms with Gasteiger partial charge in [-0.15, -0.1) is 0 Å². The van der Waals surface area contributed by atoms with Crippen LogP contribution in [0.15, 0.2) is 54.9 Å². The first kappa shape index (κ1) is 9.97. The van der Waals surface area contributed by atoms with Gasteiger partial charge in [0.25, 0.3) is 0 Å². The van der Waals surface area contributed by atoms with Crippen molar-refractivity contribution in [3.05, 3.63) is 60.6 Å². The number of fused-ring (bicyclic) bond motifs is 1. The van der Waals surface area contributed by atoms with E-state index in [2.05, 4.69) is 52.4 Å². The molecule has 2 heteroatoms. The maximum Gasteiger partial charge on any atom is 0.0914 e.